The molecule has 0 spiro atoms. The minimum absolute atomic E-state index is 0.00849. The smallest absolute Gasteiger partial charge is 0.229 e. The number of hydrogen-bond donors (Lipinski definition) is 2. The van der Waals surface area contributed by atoms with E-state index in [0.717, 1.165) is 6.42 Å². The molecule has 0 radical (unpaired) electrons. The minimum atomic E-state index is -0.00849. The van der Waals surface area contributed by atoms with Gasteiger partial charge in [0, 0.05) is 6.42 Å². The van der Waals surface area contributed by atoms with Gasteiger partial charge in [0.25, 0.3) is 0 Å². The molecule has 1 amide bonds. The molecule has 0 unspecified atom stereocenters. The normalized spacial score (nSPS) is 8.29. The number of thiol groups is 1. The molecule has 0 heterocycles. The zero-order valence-electron chi connectivity index (χ0n) is 4.27. The summed E-state index contributed by atoms with van der Waals surface area (Å²) in [4.78, 5) is 10.2. The van der Waals surface area contributed by atoms with E-state index in [9.17, 15) is 4.79 Å². The van der Waals surface area contributed by atoms with Crippen LogP contribution in [0.25, 0.3) is 0 Å². The van der Waals surface area contributed by atoms with Gasteiger partial charge < -0.3 is 4.72 Å². The molecular formula is C4H9NOS. The van der Waals surface area contributed by atoms with Crippen molar-refractivity contribution in [3.8, 4) is 0 Å². The fourth-order valence-electron chi connectivity index (χ4n) is 0.283. The van der Waals surface area contributed by atoms with Crippen molar-refractivity contribution in [2.75, 3.05) is 0 Å². The lowest BCUT2D eigenvalue weighted by Gasteiger charge is -1.90. The van der Waals surface area contributed by atoms with E-state index in [-0.39, 0.29) is 5.91 Å². The van der Waals surface area contributed by atoms with Crippen molar-refractivity contribution in [3.05, 3.63) is 0 Å². The molecule has 0 aliphatic rings. The van der Waals surface area contributed by atoms with Gasteiger partial charge in [0.15, 0.2) is 0 Å². The maximum Gasteiger partial charge on any atom is 0.229 e. The van der Waals surface area contributed by atoms with Crippen molar-refractivity contribution in [1.82, 2.24) is 4.72 Å². The number of hydrogen-bond acceptors (Lipinski definition) is 2. The van der Waals surface area contributed by atoms with Crippen LogP contribution < -0.4 is 4.72 Å². The van der Waals surface area contributed by atoms with Gasteiger partial charge in [-0.2, -0.15) is 0 Å². The second-order valence-electron chi connectivity index (χ2n) is 1.28. The van der Waals surface area contributed by atoms with Crippen LogP contribution in [-0.4, -0.2) is 5.91 Å². The number of carbonyl (C=O) groups excluding carboxylic acids is 1. The second-order valence-corrected chi connectivity index (χ2v) is 1.51. The predicted octanol–water partition coefficient (Wildman–Crippen LogP) is 0.748. The van der Waals surface area contributed by atoms with E-state index < -0.39 is 0 Å². The van der Waals surface area contributed by atoms with Crippen LogP contribution in [0, 0.1) is 0 Å². The molecule has 0 fully saturated rings. The second kappa shape index (κ2) is 3.99. The Hall–Kier alpha value is -0.180. The number of nitrogens with one attached hydrogen (secondary N) is 1. The summed E-state index contributed by atoms with van der Waals surface area (Å²) in [5.41, 5.74) is 0. The van der Waals surface area contributed by atoms with Crippen LogP contribution in [0.15, 0.2) is 0 Å². The van der Waals surface area contributed by atoms with E-state index in [2.05, 4.69) is 17.5 Å². The van der Waals surface area contributed by atoms with E-state index >= 15 is 0 Å². The largest absolute Gasteiger partial charge is 0.303 e. The highest BCUT2D eigenvalue weighted by molar-refractivity contribution is 7.78. The highest BCUT2D eigenvalue weighted by atomic mass is 32.1. The van der Waals surface area contributed by atoms with Gasteiger partial charge in [0.05, 0.1) is 0 Å². The quantitative estimate of drug-likeness (QED) is 0.516. The van der Waals surface area contributed by atoms with Gasteiger partial charge in [-0.25, -0.2) is 0 Å². The molecule has 0 saturated heterocycles. The number of amides is 1. The van der Waals surface area contributed by atoms with Gasteiger partial charge in [-0.3, -0.25) is 4.79 Å². The van der Waals surface area contributed by atoms with Crippen LogP contribution in [0.3, 0.4) is 0 Å². The fourth-order valence-corrected chi connectivity index (χ4v) is 0.395. The van der Waals surface area contributed by atoms with Gasteiger partial charge >= 0.3 is 0 Å². The third-order valence-electron chi connectivity index (χ3n) is 0.602. The summed E-state index contributed by atoms with van der Waals surface area (Å²) in [7, 11) is 0. The maximum atomic E-state index is 10.2. The summed E-state index contributed by atoms with van der Waals surface area (Å²) in [5.74, 6) is -0.00849. The third-order valence-corrected chi connectivity index (χ3v) is 0.851. The van der Waals surface area contributed by atoms with Crippen molar-refractivity contribution >= 4 is 18.7 Å². The lowest BCUT2D eigenvalue weighted by molar-refractivity contribution is -0.119. The topological polar surface area (TPSA) is 29.1 Å². The molecule has 3 heteroatoms. The zero-order chi connectivity index (χ0) is 5.70. The Labute approximate surface area is 48.8 Å². The third kappa shape index (κ3) is 3.66. The molecule has 1 N–H and O–H groups in total. The van der Waals surface area contributed by atoms with Crippen molar-refractivity contribution in [2.24, 2.45) is 0 Å². The molecule has 0 saturated carbocycles. The Balaban J connectivity index is 3.00. The lowest BCUT2D eigenvalue weighted by atomic mass is 10.3. The molecular weight excluding hydrogens is 110 g/mol. The first-order valence-corrected chi connectivity index (χ1v) is 2.69. The van der Waals surface area contributed by atoms with Crippen molar-refractivity contribution in [2.45, 2.75) is 19.8 Å². The average molecular weight is 119 g/mol. The van der Waals surface area contributed by atoms with Gasteiger partial charge in [-0.1, -0.05) is 19.7 Å². The van der Waals surface area contributed by atoms with Crippen LogP contribution in [0.2, 0.25) is 0 Å². The Bertz CT molecular complexity index is 64.7. The molecule has 2 nitrogen and oxygen atoms in total. The van der Waals surface area contributed by atoms with Crippen LogP contribution in [0.5, 0.6) is 0 Å². The Kier molecular flexibility index (Phi) is 3.89. The SMILES string of the molecule is CCCC(=O)NS. The molecule has 0 aliphatic carbocycles. The van der Waals surface area contributed by atoms with Crippen molar-refractivity contribution in [1.29, 1.82) is 0 Å². The van der Waals surface area contributed by atoms with Crippen LogP contribution in [-0.2, 0) is 4.79 Å². The summed E-state index contributed by atoms with van der Waals surface area (Å²) < 4.78 is 2.22. The molecule has 7 heavy (non-hydrogen) atoms. The van der Waals surface area contributed by atoms with Crippen molar-refractivity contribution < 1.29 is 4.79 Å². The first kappa shape index (κ1) is 6.82. The van der Waals surface area contributed by atoms with Gasteiger partial charge in [0.1, 0.15) is 0 Å². The Morgan fingerprint density at radius 3 is 2.57 bits per heavy atom. The number of carbonyl (C=O) groups is 1. The maximum absolute atomic E-state index is 10.2. The Morgan fingerprint density at radius 1 is 1.86 bits per heavy atom. The van der Waals surface area contributed by atoms with Crippen molar-refractivity contribution in [3.63, 3.8) is 0 Å². The summed E-state index contributed by atoms with van der Waals surface area (Å²) in [6.45, 7) is 1.95. The summed E-state index contributed by atoms with van der Waals surface area (Å²) in [6, 6.07) is 0. The molecule has 42 valence electrons. The van der Waals surface area contributed by atoms with Crippen LogP contribution >= 0.6 is 12.8 Å². The molecule has 0 aromatic rings. The van der Waals surface area contributed by atoms with E-state index in [1.807, 2.05) is 6.92 Å². The predicted molar refractivity (Wildman–Crippen MR) is 32.0 cm³/mol. The van der Waals surface area contributed by atoms with E-state index in [1.54, 1.807) is 0 Å². The highest BCUT2D eigenvalue weighted by Gasteiger charge is 1.90. The summed E-state index contributed by atoms with van der Waals surface area (Å²) in [6.07, 6.45) is 1.45. The fraction of sp³-hybridized carbons (Fsp3) is 0.750. The molecule has 0 atom stereocenters. The van der Waals surface area contributed by atoms with Gasteiger partial charge in [-0.15, -0.1) is 0 Å². The molecule has 0 bridgehead atoms. The average Bonchev–Trinajstić information content (AvgIpc) is 1.68. The molecule has 0 aromatic carbocycles. The first-order valence-electron chi connectivity index (χ1n) is 2.24. The zero-order valence-corrected chi connectivity index (χ0v) is 5.16. The minimum Gasteiger partial charge on any atom is -0.303 e. The van der Waals surface area contributed by atoms with E-state index in [1.165, 1.54) is 0 Å². The van der Waals surface area contributed by atoms with Gasteiger partial charge in [-0.05, 0) is 6.42 Å². The van der Waals surface area contributed by atoms with Crippen LogP contribution in [0.1, 0.15) is 19.8 Å². The van der Waals surface area contributed by atoms with E-state index in [0.29, 0.717) is 6.42 Å². The highest BCUT2D eigenvalue weighted by Crippen LogP contribution is 1.84. The summed E-state index contributed by atoms with van der Waals surface area (Å²) in [5, 5.41) is 0. The molecule has 0 rings (SSSR count). The van der Waals surface area contributed by atoms with Crippen LogP contribution in [0.4, 0.5) is 0 Å². The molecule has 0 aromatic heterocycles. The monoisotopic (exact) mass is 119 g/mol. The lowest BCUT2D eigenvalue weighted by Crippen LogP contribution is -2.10. The molecule has 0 aliphatic heterocycles. The number of rotatable bonds is 2. The standard InChI is InChI=1S/C4H9NOS/c1-2-3-4(6)5-7/h7H,2-3H2,1H3,(H,5,6). The summed E-state index contributed by atoms with van der Waals surface area (Å²) >= 11 is 3.55. The van der Waals surface area contributed by atoms with E-state index in [4.69, 9.17) is 0 Å². The first-order chi connectivity index (χ1) is 3.31. The Morgan fingerprint density at radius 2 is 2.43 bits per heavy atom. The van der Waals surface area contributed by atoms with Gasteiger partial charge in [0.2, 0.25) is 5.91 Å².